The number of aryl methyl sites for hydroxylation is 1. The zero-order valence-corrected chi connectivity index (χ0v) is 11.2. The Balaban J connectivity index is 2.00. The summed E-state index contributed by atoms with van der Waals surface area (Å²) in [5, 5.41) is 4.19. The Bertz CT molecular complexity index is 650. The van der Waals surface area contributed by atoms with E-state index in [0.29, 0.717) is 11.5 Å². The SMILES string of the molecule is COC(=O)c1cccc(C2CCCn3nc(N)nc32)c1. The van der Waals surface area contributed by atoms with Gasteiger partial charge in [0, 0.05) is 12.5 Å². The summed E-state index contributed by atoms with van der Waals surface area (Å²) in [6.07, 6.45) is 1.99. The van der Waals surface area contributed by atoms with Crippen molar-refractivity contribution in [2.45, 2.75) is 25.3 Å². The molecule has 6 heteroatoms. The minimum atomic E-state index is -0.330. The van der Waals surface area contributed by atoms with Gasteiger partial charge in [0.1, 0.15) is 5.82 Å². The van der Waals surface area contributed by atoms with Crippen LogP contribution in [0.3, 0.4) is 0 Å². The molecule has 0 fully saturated rings. The number of methoxy groups -OCH3 is 1. The monoisotopic (exact) mass is 272 g/mol. The van der Waals surface area contributed by atoms with E-state index in [1.54, 1.807) is 6.07 Å². The molecule has 0 bridgehead atoms. The molecule has 1 aromatic heterocycles. The van der Waals surface area contributed by atoms with E-state index in [1.165, 1.54) is 7.11 Å². The lowest BCUT2D eigenvalue weighted by atomic mass is 9.90. The molecular formula is C14H16N4O2. The first-order chi connectivity index (χ1) is 9.69. The molecule has 2 aromatic rings. The van der Waals surface area contributed by atoms with Gasteiger partial charge in [-0.15, -0.1) is 5.10 Å². The maximum Gasteiger partial charge on any atom is 0.337 e. The van der Waals surface area contributed by atoms with Crippen molar-refractivity contribution in [3.63, 3.8) is 0 Å². The number of nitrogens with zero attached hydrogens (tertiary/aromatic N) is 3. The average molecular weight is 272 g/mol. The molecule has 0 saturated heterocycles. The van der Waals surface area contributed by atoms with Gasteiger partial charge in [0.15, 0.2) is 0 Å². The number of carbonyl (C=O) groups is 1. The highest BCUT2D eigenvalue weighted by Gasteiger charge is 2.25. The lowest BCUT2D eigenvalue weighted by Crippen LogP contribution is -2.18. The predicted molar refractivity (Wildman–Crippen MR) is 73.3 cm³/mol. The van der Waals surface area contributed by atoms with Gasteiger partial charge >= 0.3 is 5.97 Å². The number of nitrogens with two attached hydrogens (primary N) is 1. The third kappa shape index (κ3) is 2.13. The summed E-state index contributed by atoms with van der Waals surface area (Å²) in [4.78, 5) is 15.9. The Morgan fingerprint density at radius 1 is 1.50 bits per heavy atom. The second-order valence-electron chi connectivity index (χ2n) is 4.86. The van der Waals surface area contributed by atoms with Crippen LogP contribution in [-0.4, -0.2) is 27.8 Å². The third-order valence-corrected chi connectivity index (χ3v) is 3.60. The number of nitrogen functional groups attached to an aromatic ring is 1. The number of hydrogen-bond acceptors (Lipinski definition) is 5. The second-order valence-corrected chi connectivity index (χ2v) is 4.86. The normalized spacial score (nSPS) is 17.6. The first kappa shape index (κ1) is 12.7. The molecule has 1 aliphatic heterocycles. The van der Waals surface area contributed by atoms with Crippen molar-refractivity contribution in [3.8, 4) is 0 Å². The molecule has 1 aromatic carbocycles. The number of aromatic nitrogens is 3. The topological polar surface area (TPSA) is 83.0 Å². The molecule has 0 saturated carbocycles. The van der Waals surface area contributed by atoms with Crippen molar-refractivity contribution in [1.82, 2.24) is 14.8 Å². The molecule has 3 rings (SSSR count). The smallest absolute Gasteiger partial charge is 0.337 e. The van der Waals surface area contributed by atoms with Gasteiger partial charge in [0.2, 0.25) is 5.95 Å². The van der Waals surface area contributed by atoms with Crippen LogP contribution in [0, 0.1) is 0 Å². The van der Waals surface area contributed by atoms with E-state index in [0.717, 1.165) is 30.8 Å². The predicted octanol–water partition coefficient (Wildman–Crippen LogP) is 1.57. The Hall–Kier alpha value is -2.37. The van der Waals surface area contributed by atoms with Crippen LogP contribution in [0.2, 0.25) is 0 Å². The number of carbonyl (C=O) groups excluding carboxylic acids is 1. The Morgan fingerprint density at radius 2 is 2.35 bits per heavy atom. The van der Waals surface area contributed by atoms with E-state index in [1.807, 2.05) is 22.9 Å². The summed E-state index contributed by atoms with van der Waals surface area (Å²) < 4.78 is 6.62. The summed E-state index contributed by atoms with van der Waals surface area (Å²) in [6.45, 7) is 0.840. The van der Waals surface area contributed by atoms with Crippen molar-refractivity contribution in [2.24, 2.45) is 0 Å². The summed E-state index contributed by atoms with van der Waals surface area (Å²) in [6, 6.07) is 7.46. The van der Waals surface area contributed by atoms with E-state index >= 15 is 0 Å². The van der Waals surface area contributed by atoms with Gasteiger partial charge in [-0.1, -0.05) is 12.1 Å². The van der Waals surface area contributed by atoms with Crippen LogP contribution in [0.15, 0.2) is 24.3 Å². The van der Waals surface area contributed by atoms with Crippen LogP contribution >= 0.6 is 0 Å². The van der Waals surface area contributed by atoms with E-state index in [-0.39, 0.29) is 11.9 Å². The van der Waals surface area contributed by atoms with Crippen LogP contribution in [0.5, 0.6) is 0 Å². The number of rotatable bonds is 2. The number of anilines is 1. The molecule has 1 atom stereocenters. The van der Waals surface area contributed by atoms with Crippen LogP contribution in [0.4, 0.5) is 5.95 Å². The minimum Gasteiger partial charge on any atom is -0.465 e. The fraction of sp³-hybridized carbons (Fsp3) is 0.357. The third-order valence-electron chi connectivity index (χ3n) is 3.60. The molecule has 6 nitrogen and oxygen atoms in total. The molecular weight excluding hydrogens is 256 g/mol. The number of hydrogen-bond donors (Lipinski definition) is 1. The fourth-order valence-corrected chi connectivity index (χ4v) is 2.68. The van der Waals surface area contributed by atoms with Crippen LogP contribution < -0.4 is 5.73 Å². The molecule has 0 aliphatic carbocycles. The maximum absolute atomic E-state index is 11.6. The molecule has 0 radical (unpaired) electrons. The van der Waals surface area contributed by atoms with Gasteiger partial charge in [-0.3, -0.25) is 0 Å². The summed E-state index contributed by atoms with van der Waals surface area (Å²) >= 11 is 0. The number of benzene rings is 1. The van der Waals surface area contributed by atoms with E-state index in [9.17, 15) is 4.79 Å². The molecule has 0 amide bonds. The second kappa shape index (κ2) is 4.96. The molecule has 0 spiro atoms. The molecule has 2 heterocycles. The van der Waals surface area contributed by atoms with Crippen LogP contribution in [0.25, 0.3) is 0 Å². The minimum absolute atomic E-state index is 0.123. The van der Waals surface area contributed by atoms with Crippen molar-refractivity contribution >= 4 is 11.9 Å². The molecule has 1 unspecified atom stereocenters. The number of fused-ring (bicyclic) bond motifs is 1. The molecule has 2 N–H and O–H groups in total. The van der Waals surface area contributed by atoms with Gasteiger partial charge in [-0.05, 0) is 30.5 Å². The average Bonchev–Trinajstić information content (AvgIpc) is 2.86. The van der Waals surface area contributed by atoms with Crippen molar-refractivity contribution in [2.75, 3.05) is 12.8 Å². The highest BCUT2D eigenvalue weighted by Crippen LogP contribution is 2.32. The van der Waals surface area contributed by atoms with Gasteiger partial charge < -0.3 is 10.5 Å². The van der Waals surface area contributed by atoms with Gasteiger partial charge in [-0.25, -0.2) is 9.48 Å². The van der Waals surface area contributed by atoms with Crippen molar-refractivity contribution < 1.29 is 9.53 Å². The van der Waals surface area contributed by atoms with Crippen LogP contribution in [-0.2, 0) is 11.3 Å². The first-order valence-corrected chi connectivity index (χ1v) is 6.57. The summed E-state index contributed by atoms with van der Waals surface area (Å²) in [7, 11) is 1.38. The van der Waals surface area contributed by atoms with Gasteiger partial charge in [-0.2, -0.15) is 4.98 Å². The standard InChI is InChI=1S/C14H16N4O2/c1-20-13(19)10-5-2-4-9(8-10)11-6-3-7-18-12(11)16-14(15)17-18/h2,4-5,8,11H,3,6-7H2,1H3,(H2,15,17). The first-order valence-electron chi connectivity index (χ1n) is 6.57. The number of ether oxygens (including phenoxy) is 1. The lowest BCUT2D eigenvalue weighted by molar-refractivity contribution is 0.0600. The highest BCUT2D eigenvalue weighted by atomic mass is 16.5. The van der Waals surface area contributed by atoms with Gasteiger partial charge in [0.05, 0.1) is 12.7 Å². The largest absolute Gasteiger partial charge is 0.465 e. The number of esters is 1. The molecule has 1 aliphatic rings. The van der Waals surface area contributed by atoms with E-state index in [2.05, 4.69) is 10.1 Å². The van der Waals surface area contributed by atoms with Crippen LogP contribution in [0.1, 0.15) is 40.5 Å². The zero-order valence-electron chi connectivity index (χ0n) is 11.2. The van der Waals surface area contributed by atoms with E-state index in [4.69, 9.17) is 10.5 Å². The quantitative estimate of drug-likeness (QED) is 0.839. The molecule has 104 valence electrons. The Kier molecular flexibility index (Phi) is 3.14. The zero-order chi connectivity index (χ0) is 14.1. The van der Waals surface area contributed by atoms with Crippen molar-refractivity contribution in [1.29, 1.82) is 0 Å². The Labute approximate surface area is 116 Å². The fourth-order valence-electron chi connectivity index (χ4n) is 2.68. The summed E-state index contributed by atoms with van der Waals surface area (Å²) in [5.41, 5.74) is 7.27. The molecule has 20 heavy (non-hydrogen) atoms. The lowest BCUT2D eigenvalue weighted by Gasteiger charge is -2.22. The highest BCUT2D eigenvalue weighted by molar-refractivity contribution is 5.89. The van der Waals surface area contributed by atoms with Crippen molar-refractivity contribution in [3.05, 3.63) is 41.2 Å². The summed E-state index contributed by atoms with van der Waals surface area (Å²) in [5.74, 6) is 0.966. The van der Waals surface area contributed by atoms with E-state index < -0.39 is 0 Å². The van der Waals surface area contributed by atoms with Gasteiger partial charge in [0.25, 0.3) is 0 Å². The Morgan fingerprint density at radius 3 is 3.15 bits per heavy atom. The maximum atomic E-state index is 11.6.